The van der Waals surface area contributed by atoms with Crippen LogP contribution < -0.4 is 19.5 Å². The van der Waals surface area contributed by atoms with E-state index in [1.807, 2.05) is 6.07 Å². The second kappa shape index (κ2) is 9.25. The largest absolute Gasteiger partial charge is 0.493 e. The van der Waals surface area contributed by atoms with E-state index < -0.39 is 5.91 Å². The van der Waals surface area contributed by atoms with Crippen LogP contribution >= 0.6 is 0 Å². The third-order valence-corrected chi connectivity index (χ3v) is 3.77. The topological polar surface area (TPSA) is 80.6 Å². The van der Waals surface area contributed by atoms with Gasteiger partial charge in [-0.05, 0) is 35.9 Å². The molecule has 1 N–H and O–H groups in total. The van der Waals surface area contributed by atoms with Crippen molar-refractivity contribution in [2.75, 3.05) is 21.3 Å². The van der Waals surface area contributed by atoms with Crippen LogP contribution in [0, 0.1) is 17.1 Å². The molecule has 0 radical (unpaired) electrons. The number of benzene rings is 2. The first-order chi connectivity index (χ1) is 13.0. The summed E-state index contributed by atoms with van der Waals surface area (Å²) in [6.07, 6.45) is 1.40. The van der Waals surface area contributed by atoms with Crippen LogP contribution in [0.5, 0.6) is 17.2 Å². The van der Waals surface area contributed by atoms with Crippen LogP contribution in [-0.2, 0) is 11.3 Å². The Labute approximate surface area is 156 Å². The van der Waals surface area contributed by atoms with Gasteiger partial charge in [0.05, 0.1) is 21.3 Å². The lowest BCUT2D eigenvalue weighted by atomic mass is 10.1. The van der Waals surface area contributed by atoms with E-state index in [1.54, 1.807) is 24.3 Å². The average Bonchev–Trinajstić information content (AvgIpc) is 2.70. The Morgan fingerprint density at radius 3 is 2.30 bits per heavy atom. The first-order valence-electron chi connectivity index (χ1n) is 7.97. The van der Waals surface area contributed by atoms with E-state index in [0.717, 1.165) is 0 Å². The van der Waals surface area contributed by atoms with Gasteiger partial charge in [0.1, 0.15) is 17.5 Å². The van der Waals surface area contributed by atoms with Crippen molar-refractivity contribution in [1.82, 2.24) is 5.32 Å². The van der Waals surface area contributed by atoms with E-state index >= 15 is 0 Å². The molecule has 0 spiro atoms. The number of nitrogens with zero attached hydrogens (tertiary/aromatic N) is 1. The lowest BCUT2D eigenvalue weighted by Gasteiger charge is -2.14. The summed E-state index contributed by atoms with van der Waals surface area (Å²) in [6, 6.07) is 10.9. The zero-order chi connectivity index (χ0) is 19.8. The Morgan fingerprint density at radius 2 is 1.74 bits per heavy atom. The fourth-order valence-electron chi connectivity index (χ4n) is 2.42. The summed E-state index contributed by atoms with van der Waals surface area (Å²) >= 11 is 0. The summed E-state index contributed by atoms with van der Waals surface area (Å²) < 4.78 is 28.8. The van der Waals surface area contributed by atoms with Crippen LogP contribution in [0.4, 0.5) is 4.39 Å². The molecule has 2 rings (SSSR count). The summed E-state index contributed by atoms with van der Waals surface area (Å²) in [6.45, 7) is 0.168. The van der Waals surface area contributed by atoms with Gasteiger partial charge < -0.3 is 19.5 Å². The van der Waals surface area contributed by atoms with Gasteiger partial charge in [-0.2, -0.15) is 5.26 Å². The van der Waals surface area contributed by atoms with Crippen molar-refractivity contribution in [2.24, 2.45) is 0 Å². The predicted molar refractivity (Wildman–Crippen MR) is 97.9 cm³/mol. The highest BCUT2D eigenvalue weighted by Crippen LogP contribution is 2.40. The van der Waals surface area contributed by atoms with E-state index in [4.69, 9.17) is 14.2 Å². The smallest absolute Gasteiger partial charge is 0.262 e. The van der Waals surface area contributed by atoms with Gasteiger partial charge in [0.25, 0.3) is 5.91 Å². The number of nitriles is 1. The van der Waals surface area contributed by atoms with Gasteiger partial charge >= 0.3 is 0 Å². The fraction of sp³-hybridized carbons (Fsp3) is 0.200. The highest BCUT2D eigenvalue weighted by Gasteiger charge is 2.17. The predicted octanol–water partition coefficient (Wildman–Crippen LogP) is 3.07. The van der Waals surface area contributed by atoms with Crippen LogP contribution in [0.15, 0.2) is 42.0 Å². The minimum absolute atomic E-state index is 0.109. The third kappa shape index (κ3) is 4.76. The molecular weight excluding hydrogens is 351 g/mol. The molecule has 0 saturated heterocycles. The van der Waals surface area contributed by atoms with Crippen LogP contribution in [0.3, 0.4) is 0 Å². The number of carbonyl (C=O) groups excluding carboxylic acids is 1. The molecule has 0 fully saturated rings. The molecule has 7 heteroatoms. The summed E-state index contributed by atoms with van der Waals surface area (Å²) in [5.41, 5.74) is 1.09. The van der Waals surface area contributed by atoms with Gasteiger partial charge in [0, 0.05) is 12.1 Å². The Hall–Kier alpha value is -3.53. The molecule has 2 aromatic rings. The average molecular weight is 370 g/mol. The van der Waals surface area contributed by atoms with E-state index in [9.17, 15) is 14.4 Å². The maximum atomic E-state index is 12.9. The molecule has 0 aliphatic heterocycles. The first-order valence-corrected chi connectivity index (χ1v) is 7.97. The number of carbonyl (C=O) groups is 1. The molecular formula is C20H19FN2O4. The van der Waals surface area contributed by atoms with Crippen molar-refractivity contribution in [2.45, 2.75) is 6.54 Å². The number of hydrogen-bond acceptors (Lipinski definition) is 5. The number of amides is 1. The van der Waals surface area contributed by atoms with E-state index in [1.165, 1.54) is 39.5 Å². The molecule has 0 aliphatic carbocycles. The van der Waals surface area contributed by atoms with Crippen LogP contribution in [0.1, 0.15) is 11.1 Å². The number of halogens is 1. The molecule has 0 aromatic heterocycles. The van der Waals surface area contributed by atoms with Gasteiger partial charge in [-0.3, -0.25) is 4.79 Å². The molecule has 140 valence electrons. The van der Waals surface area contributed by atoms with Gasteiger partial charge in [-0.25, -0.2) is 4.39 Å². The summed E-state index contributed by atoms with van der Waals surface area (Å²) in [7, 11) is 4.42. The Balaban J connectivity index is 2.25. The van der Waals surface area contributed by atoms with Crippen LogP contribution in [0.2, 0.25) is 0 Å². The zero-order valence-electron chi connectivity index (χ0n) is 15.2. The van der Waals surface area contributed by atoms with Gasteiger partial charge in [-0.1, -0.05) is 12.1 Å². The molecule has 0 unspecified atom stereocenters. The quantitative estimate of drug-likeness (QED) is 0.598. The highest BCUT2D eigenvalue weighted by atomic mass is 19.1. The van der Waals surface area contributed by atoms with Crippen LogP contribution in [0.25, 0.3) is 6.08 Å². The number of nitrogens with one attached hydrogen (secondary N) is 1. The monoisotopic (exact) mass is 370 g/mol. The molecule has 1 amide bonds. The zero-order valence-corrected chi connectivity index (χ0v) is 15.2. The molecule has 0 saturated carbocycles. The van der Waals surface area contributed by atoms with Crippen LogP contribution in [-0.4, -0.2) is 27.2 Å². The summed E-state index contributed by atoms with van der Waals surface area (Å²) in [4.78, 5) is 12.3. The van der Waals surface area contributed by atoms with Crippen molar-refractivity contribution in [1.29, 1.82) is 5.26 Å². The normalized spacial score (nSPS) is 10.7. The van der Waals surface area contributed by atoms with Crippen molar-refractivity contribution >= 4 is 12.0 Å². The standard InChI is InChI=1S/C20H19FN2O4/c1-25-17-9-6-14(18(26-2)19(17)27-3)10-15(11-22)20(24)23-12-13-4-7-16(21)8-5-13/h4-10H,12H2,1-3H3,(H,23,24). The van der Waals surface area contributed by atoms with E-state index in [-0.39, 0.29) is 17.9 Å². The number of methoxy groups -OCH3 is 3. The molecule has 0 heterocycles. The second-order valence-electron chi connectivity index (χ2n) is 5.40. The second-order valence-corrected chi connectivity index (χ2v) is 5.40. The molecule has 2 aromatic carbocycles. The van der Waals surface area contributed by atoms with Crippen molar-refractivity contribution in [3.63, 3.8) is 0 Å². The highest BCUT2D eigenvalue weighted by molar-refractivity contribution is 6.02. The van der Waals surface area contributed by atoms with Crippen molar-refractivity contribution < 1.29 is 23.4 Å². The number of rotatable bonds is 7. The first kappa shape index (κ1) is 19.8. The molecule has 0 atom stereocenters. The third-order valence-electron chi connectivity index (χ3n) is 3.77. The fourth-order valence-corrected chi connectivity index (χ4v) is 2.42. The summed E-state index contributed by atoms with van der Waals surface area (Å²) in [5, 5.41) is 12.0. The van der Waals surface area contributed by atoms with Crippen molar-refractivity contribution in [3.8, 4) is 23.3 Å². The molecule has 0 bridgehead atoms. The minimum atomic E-state index is -0.557. The van der Waals surface area contributed by atoms with E-state index in [2.05, 4.69) is 5.32 Å². The Kier molecular flexibility index (Phi) is 6.78. The van der Waals surface area contributed by atoms with Gasteiger partial charge in [0.15, 0.2) is 11.5 Å². The lowest BCUT2D eigenvalue weighted by molar-refractivity contribution is -0.117. The van der Waals surface area contributed by atoms with E-state index in [0.29, 0.717) is 28.4 Å². The van der Waals surface area contributed by atoms with Gasteiger partial charge in [-0.15, -0.1) is 0 Å². The number of hydrogen-bond donors (Lipinski definition) is 1. The maximum absolute atomic E-state index is 12.9. The number of ether oxygens (including phenoxy) is 3. The molecule has 27 heavy (non-hydrogen) atoms. The minimum Gasteiger partial charge on any atom is -0.493 e. The Morgan fingerprint density at radius 1 is 1.07 bits per heavy atom. The molecule has 0 aliphatic rings. The molecule has 6 nitrogen and oxygen atoms in total. The maximum Gasteiger partial charge on any atom is 0.262 e. The SMILES string of the molecule is COc1ccc(C=C(C#N)C(=O)NCc2ccc(F)cc2)c(OC)c1OC. The lowest BCUT2D eigenvalue weighted by Crippen LogP contribution is -2.24. The summed E-state index contributed by atoms with van der Waals surface area (Å²) in [5.74, 6) is 0.251. The Bertz CT molecular complexity index is 886. The van der Waals surface area contributed by atoms with Crippen molar-refractivity contribution in [3.05, 3.63) is 58.9 Å². The van der Waals surface area contributed by atoms with Gasteiger partial charge in [0.2, 0.25) is 5.75 Å².